The first-order valence-corrected chi connectivity index (χ1v) is 6.69. The van der Waals surface area contributed by atoms with Gasteiger partial charge in [0.05, 0.1) is 6.10 Å². The van der Waals surface area contributed by atoms with Crippen LogP contribution in [0.25, 0.3) is 0 Å². The van der Waals surface area contributed by atoms with Crippen LogP contribution in [0.4, 0.5) is 0 Å². The first kappa shape index (κ1) is 13.4. The molecule has 1 saturated heterocycles. The molecule has 1 atom stereocenters. The Morgan fingerprint density at radius 1 is 1.56 bits per heavy atom. The van der Waals surface area contributed by atoms with Crippen LogP contribution in [0.2, 0.25) is 0 Å². The highest BCUT2D eigenvalue weighted by Gasteiger charge is 2.21. The fourth-order valence-electron chi connectivity index (χ4n) is 2.22. The van der Waals surface area contributed by atoms with E-state index in [1.165, 1.54) is 0 Å². The van der Waals surface area contributed by atoms with E-state index in [1.54, 1.807) is 4.90 Å². The summed E-state index contributed by atoms with van der Waals surface area (Å²) in [6.07, 6.45) is 2.33. The van der Waals surface area contributed by atoms with Crippen molar-refractivity contribution in [3.05, 3.63) is 29.3 Å². The lowest BCUT2D eigenvalue weighted by Gasteiger charge is -2.21. The summed E-state index contributed by atoms with van der Waals surface area (Å²) in [7, 11) is 1.83. The van der Waals surface area contributed by atoms with Crippen molar-refractivity contribution in [1.82, 2.24) is 4.90 Å². The number of hydrogen-bond acceptors (Lipinski definition) is 3. The largest absolute Gasteiger partial charge is 0.376 e. The van der Waals surface area contributed by atoms with Crippen LogP contribution in [-0.2, 0) is 4.74 Å². The van der Waals surface area contributed by atoms with Gasteiger partial charge in [-0.25, -0.2) is 0 Å². The van der Waals surface area contributed by atoms with Gasteiger partial charge < -0.3 is 9.64 Å². The van der Waals surface area contributed by atoms with Crippen molar-refractivity contribution in [2.75, 3.05) is 20.2 Å². The first-order valence-electron chi connectivity index (χ1n) is 6.24. The van der Waals surface area contributed by atoms with E-state index in [0.717, 1.165) is 35.5 Å². The van der Waals surface area contributed by atoms with Gasteiger partial charge in [0, 0.05) is 30.7 Å². The maximum Gasteiger partial charge on any atom is 0.253 e. The van der Waals surface area contributed by atoms with Crippen molar-refractivity contribution in [2.45, 2.75) is 30.8 Å². The molecule has 1 amide bonds. The highest BCUT2D eigenvalue weighted by molar-refractivity contribution is 7.80. The minimum absolute atomic E-state index is 0.0406. The van der Waals surface area contributed by atoms with E-state index in [9.17, 15) is 4.79 Å². The van der Waals surface area contributed by atoms with Gasteiger partial charge in [-0.3, -0.25) is 4.79 Å². The lowest BCUT2D eigenvalue weighted by Crippen LogP contribution is -2.34. The molecule has 1 aliphatic heterocycles. The zero-order valence-corrected chi connectivity index (χ0v) is 11.7. The lowest BCUT2D eigenvalue weighted by atomic mass is 10.1. The Morgan fingerprint density at radius 3 is 3.00 bits per heavy atom. The zero-order valence-electron chi connectivity index (χ0n) is 10.8. The molecule has 0 aromatic heterocycles. The summed E-state index contributed by atoms with van der Waals surface area (Å²) >= 11 is 4.29. The van der Waals surface area contributed by atoms with Crippen LogP contribution in [0.3, 0.4) is 0 Å². The van der Waals surface area contributed by atoms with Crippen molar-refractivity contribution >= 4 is 18.5 Å². The Kier molecular flexibility index (Phi) is 4.30. The van der Waals surface area contributed by atoms with E-state index in [0.29, 0.717) is 6.54 Å². The predicted octanol–water partition coefficient (Wildman–Crippen LogP) is 2.53. The standard InChI is InChI=1S/C14H19NO2S/c1-10-5-6-12(18)8-13(10)14(16)15(2)9-11-4-3-7-17-11/h5-6,8,11,18H,3-4,7,9H2,1-2H3. The van der Waals surface area contributed by atoms with Crippen molar-refractivity contribution in [1.29, 1.82) is 0 Å². The third-order valence-corrected chi connectivity index (χ3v) is 3.58. The van der Waals surface area contributed by atoms with E-state index in [1.807, 2.05) is 32.2 Å². The number of carbonyl (C=O) groups excluding carboxylic acids is 1. The van der Waals surface area contributed by atoms with Crippen LogP contribution < -0.4 is 0 Å². The third-order valence-electron chi connectivity index (χ3n) is 3.30. The van der Waals surface area contributed by atoms with Gasteiger partial charge in [0.2, 0.25) is 0 Å². The quantitative estimate of drug-likeness (QED) is 0.851. The van der Waals surface area contributed by atoms with Gasteiger partial charge in [-0.1, -0.05) is 6.07 Å². The number of aryl methyl sites for hydroxylation is 1. The summed E-state index contributed by atoms with van der Waals surface area (Å²) < 4.78 is 5.55. The second-order valence-electron chi connectivity index (χ2n) is 4.82. The van der Waals surface area contributed by atoms with Crippen molar-refractivity contribution < 1.29 is 9.53 Å². The molecule has 0 radical (unpaired) electrons. The maximum atomic E-state index is 12.3. The van der Waals surface area contributed by atoms with E-state index in [4.69, 9.17) is 4.74 Å². The predicted molar refractivity (Wildman–Crippen MR) is 74.4 cm³/mol. The van der Waals surface area contributed by atoms with Gasteiger partial charge in [0.1, 0.15) is 0 Å². The molecule has 0 spiro atoms. The molecule has 0 bridgehead atoms. The molecule has 0 aliphatic carbocycles. The van der Waals surface area contributed by atoms with Crippen molar-refractivity contribution in [3.8, 4) is 0 Å². The number of nitrogens with zero attached hydrogens (tertiary/aromatic N) is 1. The highest BCUT2D eigenvalue weighted by Crippen LogP contribution is 2.18. The maximum absolute atomic E-state index is 12.3. The number of amides is 1. The monoisotopic (exact) mass is 265 g/mol. The van der Waals surface area contributed by atoms with Gasteiger partial charge in [0.15, 0.2) is 0 Å². The molecule has 1 aromatic carbocycles. The molecule has 1 heterocycles. The smallest absolute Gasteiger partial charge is 0.253 e. The van der Waals surface area contributed by atoms with Crippen LogP contribution in [-0.4, -0.2) is 37.1 Å². The molecule has 1 unspecified atom stereocenters. The summed E-state index contributed by atoms with van der Waals surface area (Å²) in [5, 5.41) is 0. The lowest BCUT2D eigenvalue weighted by molar-refractivity contribution is 0.0586. The van der Waals surface area contributed by atoms with Gasteiger partial charge in [0.25, 0.3) is 5.91 Å². The number of likely N-dealkylation sites (N-methyl/N-ethyl adjacent to an activating group) is 1. The van der Waals surface area contributed by atoms with E-state index < -0.39 is 0 Å². The Labute approximate surface area is 114 Å². The number of thiol groups is 1. The molecule has 1 fully saturated rings. The number of rotatable bonds is 3. The Balaban J connectivity index is 2.07. The van der Waals surface area contributed by atoms with Crippen LogP contribution in [0.15, 0.2) is 23.1 Å². The van der Waals surface area contributed by atoms with E-state index >= 15 is 0 Å². The first-order chi connectivity index (χ1) is 8.58. The normalized spacial score (nSPS) is 18.9. The van der Waals surface area contributed by atoms with Gasteiger partial charge >= 0.3 is 0 Å². The molecule has 0 N–H and O–H groups in total. The molecular weight excluding hydrogens is 246 g/mol. The topological polar surface area (TPSA) is 29.5 Å². The number of benzene rings is 1. The molecular formula is C14H19NO2S. The van der Waals surface area contributed by atoms with Crippen LogP contribution in [0, 0.1) is 6.92 Å². The van der Waals surface area contributed by atoms with Gasteiger partial charge in [-0.2, -0.15) is 0 Å². The molecule has 0 saturated carbocycles. The van der Waals surface area contributed by atoms with Gasteiger partial charge in [-0.15, -0.1) is 12.6 Å². The van der Waals surface area contributed by atoms with Gasteiger partial charge in [-0.05, 0) is 37.5 Å². The van der Waals surface area contributed by atoms with E-state index in [2.05, 4.69) is 12.6 Å². The summed E-state index contributed by atoms with van der Waals surface area (Å²) in [5.41, 5.74) is 1.71. The molecule has 4 heteroatoms. The summed E-state index contributed by atoms with van der Waals surface area (Å²) in [4.78, 5) is 14.9. The summed E-state index contributed by atoms with van der Waals surface area (Å²) in [5.74, 6) is 0.0406. The fraction of sp³-hybridized carbons (Fsp3) is 0.500. The van der Waals surface area contributed by atoms with E-state index in [-0.39, 0.29) is 12.0 Å². The van der Waals surface area contributed by atoms with Crippen molar-refractivity contribution in [2.24, 2.45) is 0 Å². The molecule has 98 valence electrons. The van der Waals surface area contributed by atoms with Crippen LogP contribution >= 0.6 is 12.6 Å². The zero-order chi connectivity index (χ0) is 13.1. The fourth-order valence-corrected chi connectivity index (χ4v) is 2.43. The minimum atomic E-state index is 0.0406. The van der Waals surface area contributed by atoms with Crippen LogP contribution in [0.1, 0.15) is 28.8 Å². The second-order valence-corrected chi connectivity index (χ2v) is 5.34. The minimum Gasteiger partial charge on any atom is -0.376 e. The third kappa shape index (κ3) is 3.06. The van der Waals surface area contributed by atoms with Crippen LogP contribution in [0.5, 0.6) is 0 Å². The number of carbonyl (C=O) groups is 1. The molecule has 1 aromatic rings. The second kappa shape index (κ2) is 5.76. The molecule has 3 nitrogen and oxygen atoms in total. The average Bonchev–Trinajstić information content (AvgIpc) is 2.84. The highest BCUT2D eigenvalue weighted by atomic mass is 32.1. The Morgan fingerprint density at radius 2 is 2.33 bits per heavy atom. The molecule has 18 heavy (non-hydrogen) atoms. The SMILES string of the molecule is Cc1ccc(S)cc1C(=O)N(C)CC1CCCO1. The number of hydrogen-bond donors (Lipinski definition) is 1. The summed E-state index contributed by atoms with van der Waals surface area (Å²) in [6, 6.07) is 5.65. The summed E-state index contributed by atoms with van der Waals surface area (Å²) in [6.45, 7) is 3.42. The number of ether oxygens (including phenoxy) is 1. The van der Waals surface area contributed by atoms with Crippen molar-refractivity contribution in [3.63, 3.8) is 0 Å². The Hall–Kier alpha value is -1.00. The average molecular weight is 265 g/mol. The molecule has 2 rings (SSSR count). The molecule has 1 aliphatic rings. The Bertz CT molecular complexity index is 441.